The summed E-state index contributed by atoms with van der Waals surface area (Å²) >= 11 is 3.50. The quantitative estimate of drug-likeness (QED) is 0.264. The molecule has 0 spiro atoms. The Hall–Kier alpha value is -3.26. The first kappa shape index (κ1) is 26.0. The highest BCUT2D eigenvalue weighted by molar-refractivity contribution is 9.10. The number of hydrogen-bond acceptors (Lipinski definition) is 3. The minimum atomic E-state index is -3.66. The van der Waals surface area contributed by atoms with Gasteiger partial charge in [-0.25, -0.2) is 8.42 Å². The van der Waals surface area contributed by atoms with E-state index in [9.17, 15) is 13.2 Å². The minimum absolute atomic E-state index is 0.135. The number of amides is 1. The molecular weight excluding hydrogens is 572 g/mol. The molecule has 198 valence electrons. The summed E-state index contributed by atoms with van der Waals surface area (Å²) < 4.78 is 29.3. The molecule has 1 amide bonds. The van der Waals surface area contributed by atoms with E-state index in [4.69, 9.17) is 0 Å². The fourth-order valence-corrected chi connectivity index (χ4v) is 7.28. The largest absolute Gasteiger partial charge is 0.345 e. The Morgan fingerprint density at radius 2 is 1.51 bits per heavy atom. The van der Waals surface area contributed by atoms with Crippen LogP contribution in [0.5, 0.6) is 0 Å². The van der Waals surface area contributed by atoms with Crippen LogP contribution in [0, 0.1) is 5.92 Å². The van der Waals surface area contributed by atoms with E-state index in [0.717, 1.165) is 22.0 Å². The third kappa shape index (κ3) is 5.44. The van der Waals surface area contributed by atoms with Gasteiger partial charge in [-0.2, -0.15) is 4.31 Å². The van der Waals surface area contributed by atoms with Crippen LogP contribution in [-0.4, -0.2) is 25.2 Å². The van der Waals surface area contributed by atoms with Gasteiger partial charge in [0.2, 0.25) is 10.0 Å². The molecule has 5 nitrogen and oxygen atoms in total. The lowest BCUT2D eigenvalue weighted by atomic mass is 9.98. The number of rotatable bonds is 7. The fraction of sp³-hybridized carbons (Fsp3) is 0.219. The maximum atomic E-state index is 13.4. The molecule has 0 bridgehead atoms. The molecule has 3 unspecified atom stereocenters. The van der Waals surface area contributed by atoms with Gasteiger partial charge in [0, 0.05) is 23.1 Å². The van der Waals surface area contributed by atoms with Gasteiger partial charge in [-0.1, -0.05) is 82.7 Å². The summed E-state index contributed by atoms with van der Waals surface area (Å²) in [6.45, 7) is 0.807. The highest BCUT2D eigenvalue weighted by Crippen LogP contribution is 2.54. The van der Waals surface area contributed by atoms with E-state index in [2.05, 4.69) is 51.6 Å². The van der Waals surface area contributed by atoms with Crippen LogP contribution in [-0.2, 0) is 23.0 Å². The molecule has 4 aromatic rings. The van der Waals surface area contributed by atoms with E-state index >= 15 is 0 Å². The number of benzene rings is 4. The molecule has 0 saturated heterocycles. The number of fused-ring (bicyclic) bond motifs is 1. The molecule has 7 heteroatoms. The number of carbonyl (C=O) groups excluding carboxylic acids is 1. The molecule has 1 aliphatic carbocycles. The van der Waals surface area contributed by atoms with Crippen molar-refractivity contribution < 1.29 is 13.2 Å². The lowest BCUT2D eigenvalue weighted by Gasteiger charge is -2.28. The number of nitrogens with one attached hydrogen (secondary N) is 1. The van der Waals surface area contributed by atoms with Gasteiger partial charge in [0.1, 0.15) is 0 Å². The summed E-state index contributed by atoms with van der Waals surface area (Å²) in [5.41, 5.74) is 5.02. The normalized spacial score (nSPS) is 19.6. The van der Waals surface area contributed by atoms with Crippen molar-refractivity contribution >= 4 is 31.9 Å². The molecule has 3 atom stereocenters. The molecular formula is C32H29BrN2O3S. The third-order valence-electron chi connectivity index (χ3n) is 7.86. The average molecular weight is 602 g/mol. The van der Waals surface area contributed by atoms with Crippen molar-refractivity contribution in [2.75, 3.05) is 6.54 Å². The van der Waals surface area contributed by atoms with Crippen molar-refractivity contribution in [3.05, 3.63) is 135 Å². The number of sulfonamides is 1. The van der Waals surface area contributed by atoms with Gasteiger partial charge in [0.05, 0.1) is 10.9 Å². The number of hydrogen-bond donors (Lipinski definition) is 1. The van der Waals surface area contributed by atoms with Crippen molar-refractivity contribution in [3.63, 3.8) is 0 Å². The smallest absolute Gasteiger partial charge is 0.251 e. The highest BCUT2D eigenvalue weighted by atomic mass is 79.9. The van der Waals surface area contributed by atoms with Gasteiger partial charge in [-0.05, 0) is 83.3 Å². The predicted octanol–water partition coefficient (Wildman–Crippen LogP) is 6.47. The average Bonchev–Trinajstić information content (AvgIpc) is 3.77. The Morgan fingerprint density at radius 1 is 0.846 bits per heavy atom. The maximum absolute atomic E-state index is 13.4. The van der Waals surface area contributed by atoms with Crippen molar-refractivity contribution in [2.24, 2.45) is 5.92 Å². The second-order valence-electron chi connectivity index (χ2n) is 10.3. The summed E-state index contributed by atoms with van der Waals surface area (Å²) in [6.07, 6.45) is 1.69. The predicted molar refractivity (Wildman–Crippen MR) is 156 cm³/mol. The molecule has 1 saturated carbocycles. The SMILES string of the molecule is O=C(NC(c1ccccc1)C1CC1c1ccc(Br)cc1)c1ccc(S(=O)(=O)N2CCc3ccccc3C2)cc1. The van der Waals surface area contributed by atoms with Crippen LogP contribution >= 0.6 is 15.9 Å². The lowest BCUT2D eigenvalue weighted by molar-refractivity contribution is 0.0931. The zero-order valence-electron chi connectivity index (χ0n) is 21.3. The van der Waals surface area contributed by atoms with Crippen LogP contribution in [0.25, 0.3) is 0 Å². The van der Waals surface area contributed by atoms with Crippen LogP contribution in [0.3, 0.4) is 0 Å². The first-order chi connectivity index (χ1) is 18.9. The third-order valence-corrected chi connectivity index (χ3v) is 10.2. The lowest BCUT2D eigenvalue weighted by Crippen LogP contribution is -2.36. The Morgan fingerprint density at radius 3 is 2.23 bits per heavy atom. The number of nitrogens with zero attached hydrogens (tertiary/aromatic N) is 1. The van der Waals surface area contributed by atoms with E-state index in [0.29, 0.717) is 36.9 Å². The Balaban J connectivity index is 1.18. The molecule has 1 aliphatic heterocycles. The molecule has 39 heavy (non-hydrogen) atoms. The topological polar surface area (TPSA) is 66.5 Å². The Labute approximate surface area is 238 Å². The Bertz CT molecular complexity index is 1590. The first-order valence-electron chi connectivity index (χ1n) is 13.2. The second-order valence-corrected chi connectivity index (χ2v) is 13.2. The molecule has 0 radical (unpaired) electrons. The summed E-state index contributed by atoms with van der Waals surface area (Å²) in [4.78, 5) is 13.6. The highest BCUT2D eigenvalue weighted by Gasteiger charge is 2.45. The fourth-order valence-electron chi connectivity index (χ4n) is 5.60. The van der Waals surface area contributed by atoms with Crippen molar-refractivity contribution in [1.82, 2.24) is 9.62 Å². The van der Waals surface area contributed by atoms with Crippen molar-refractivity contribution in [2.45, 2.75) is 36.2 Å². The van der Waals surface area contributed by atoms with E-state index in [1.807, 2.05) is 48.5 Å². The van der Waals surface area contributed by atoms with Gasteiger partial charge >= 0.3 is 0 Å². The molecule has 1 heterocycles. The van der Waals surface area contributed by atoms with Crippen LogP contribution in [0.4, 0.5) is 0 Å². The van der Waals surface area contributed by atoms with Gasteiger partial charge < -0.3 is 5.32 Å². The molecule has 6 rings (SSSR count). The first-order valence-corrected chi connectivity index (χ1v) is 15.4. The van der Waals surface area contributed by atoms with Crippen molar-refractivity contribution in [3.8, 4) is 0 Å². The van der Waals surface area contributed by atoms with E-state index in [1.54, 1.807) is 24.3 Å². The van der Waals surface area contributed by atoms with Crippen LogP contribution in [0.1, 0.15) is 51.0 Å². The molecule has 2 aliphatic rings. The van der Waals surface area contributed by atoms with E-state index in [-0.39, 0.29) is 16.8 Å². The van der Waals surface area contributed by atoms with Crippen molar-refractivity contribution in [1.29, 1.82) is 0 Å². The van der Waals surface area contributed by atoms with Crippen LogP contribution in [0.2, 0.25) is 0 Å². The maximum Gasteiger partial charge on any atom is 0.251 e. The molecule has 1 fully saturated rings. The Kier molecular flexibility index (Phi) is 7.14. The summed E-state index contributed by atoms with van der Waals surface area (Å²) in [5.74, 6) is 0.464. The summed E-state index contributed by atoms with van der Waals surface area (Å²) in [7, 11) is -3.66. The van der Waals surface area contributed by atoms with Crippen LogP contribution < -0.4 is 5.32 Å². The standard InChI is InChI=1S/C32H29BrN2O3S/c33-27-14-10-23(11-15-27)29-20-30(29)31(24-7-2-1-3-8-24)34-32(36)25-12-16-28(17-13-25)39(37,38)35-19-18-22-6-4-5-9-26(22)21-35/h1-17,29-31H,18-21H2,(H,34,36). The van der Waals surface area contributed by atoms with Crippen LogP contribution in [0.15, 0.2) is 112 Å². The summed E-state index contributed by atoms with van der Waals surface area (Å²) in [5, 5.41) is 3.25. The molecule has 1 N–H and O–H groups in total. The molecule has 4 aromatic carbocycles. The van der Waals surface area contributed by atoms with Gasteiger partial charge in [-0.15, -0.1) is 0 Å². The minimum Gasteiger partial charge on any atom is -0.345 e. The zero-order chi connectivity index (χ0) is 27.0. The number of halogens is 1. The van der Waals surface area contributed by atoms with E-state index < -0.39 is 10.0 Å². The summed E-state index contributed by atoms with van der Waals surface area (Å²) in [6, 6.07) is 32.6. The number of carbonyl (C=O) groups is 1. The second kappa shape index (κ2) is 10.7. The zero-order valence-corrected chi connectivity index (χ0v) is 23.7. The van der Waals surface area contributed by atoms with Gasteiger partial charge in [0.15, 0.2) is 0 Å². The van der Waals surface area contributed by atoms with Gasteiger partial charge in [0.25, 0.3) is 5.91 Å². The monoisotopic (exact) mass is 600 g/mol. The van der Waals surface area contributed by atoms with Gasteiger partial charge in [-0.3, -0.25) is 4.79 Å². The van der Waals surface area contributed by atoms with E-state index in [1.165, 1.54) is 15.4 Å². The molecule has 0 aromatic heterocycles.